The molecule has 0 saturated heterocycles. The molecule has 0 aliphatic rings. The second-order valence-corrected chi connectivity index (χ2v) is 13.0. The van der Waals surface area contributed by atoms with E-state index in [0.717, 1.165) is 61.9 Å². The minimum atomic E-state index is -0.347. The fraction of sp³-hybridized carbons (Fsp3) is 0.630. The van der Waals surface area contributed by atoms with Gasteiger partial charge in [0.05, 0.1) is 18.1 Å². The predicted molar refractivity (Wildman–Crippen MR) is 146 cm³/mol. The third kappa shape index (κ3) is 8.98. The summed E-state index contributed by atoms with van der Waals surface area (Å²) in [6.45, 7) is 10.8. The molecule has 0 radical (unpaired) electrons. The quantitative estimate of drug-likeness (QED) is 0.246. The molecule has 6 nitrogen and oxygen atoms in total. The van der Waals surface area contributed by atoms with E-state index < -0.39 is 0 Å². The van der Waals surface area contributed by atoms with E-state index in [2.05, 4.69) is 34.6 Å². The first-order valence-corrected chi connectivity index (χ1v) is 14.5. The second kappa shape index (κ2) is 13.5. The molecule has 1 atom stereocenters. The van der Waals surface area contributed by atoms with E-state index in [1.54, 1.807) is 11.8 Å². The molecule has 0 spiro atoms. The highest BCUT2D eigenvalue weighted by Crippen LogP contribution is 2.46. The van der Waals surface area contributed by atoms with Gasteiger partial charge in [0.1, 0.15) is 12.5 Å². The summed E-state index contributed by atoms with van der Waals surface area (Å²) in [5, 5.41) is 19.4. The van der Waals surface area contributed by atoms with Crippen LogP contribution in [0, 0.1) is 10.8 Å². The third-order valence-electron chi connectivity index (χ3n) is 6.20. The van der Waals surface area contributed by atoms with E-state index in [9.17, 15) is 19.8 Å². The van der Waals surface area contributed by atoms with Crippen LogP contribution < -0.4 is 10.9 Å². The zero-order valence-corrected chi connectivity index (χ0v) is 23.2. The van der Waals surface area contributed by atoms with Gasteiger partial charge in [0.25, 0.3) is 0 Å². The maximum Gasteiger partial charge on any atom is 0.230 e. The summed E-state index contributed by atoms with van der Waals surface area (Å²) >= 11 is 3.70. The number of hydrogen-bond donors (Lipinski definition) is 2. The number of hydrogen-bond acceptors (Lipinski definition) is 8. The monoisotopic (exact) mass is 524 g/mol. The lowest BCUT2D eigenvalue weighted by atomic mass is 9.81. The number of rotatable bonds is 15. The summed E-state index contributed by atoms with van der Waals surface area (Å²) in [6, 6.07) is 0. The Hall–Kier alpha value is -1.80. The van der Waals surface area contributed by atoms with Crippen molar-refractivity contribution in [2.45, 2.75) is 78.4 Å². The van der Waals surface area contributed by atoms with Crippen LogP contribution in [-0.2, 0) is 6.42 Å². The van der Waals surface area contributed by atoms with Crippen LogP contribution in [0.3, 0.4) is 0 Å². The summed E-state index contributed by atoms with van der Waals surface area (Å²) in [5.74, 6) is 2.35. The Morgan fingerprint density at radius 1 is 0.857 bits per heavy atom. The van der Waals surface area contributed by atoms with Gasteiger partial charge in [-0.25, -0.2) is 0 Å². The molecule has 1 unspecified atom stereocenters. The molecule has 0 fully saturated rings. The summed E-state index contributed by atoms with van der Waals surface area (Å²) in [5.41, 5.74) is 0.232. The van der Waals surface area contributed by atoms with Gasteiger partial charge in [-0.15, -0.1) is 0 Å². The van der Waals surface area contributed by atoms with Gasteiger partial charge in [0.15, 0.2) is 11.5 Å². The van der Waals surface area contributed by atoms with Crippen LogP contribution in [0.5, 0.6) is 11.5 Å². The van der Waals surface area contributed by atoms with Gasteiger partial charge in [0, 0.05) is 10.8 Å². The van der Waals surface area contributed by atoms with Crippen molar-refractivity contribution in [2.75, 3.05) is 17.3 Å². The lowest BCUT2D eigenvalue weighted by Crippen LogP contribution is -2.25. The Morgan fingerprint density at radius 2 is 1.49 bits per heavy atom. The first kappa shape index (κ1) is 29.4. The molecule has 8 heteroatoms. The van der Waals surface area contributed by atoms with Crippen LogP contribution >= 0.6 is 23.5 Å². The Kier molecular flexibility index (Phi) is 11.3. The van der Waals surface area contributed by atoms with Crippen LogP contribution in [0.15, 0.2) is 43.5 Å². The molecule has 0 bridgehead atoms. The van der Waals surface area contributed by atoms with Gasteiger partial charge in [0.2, 0.25) is 10.9 Å². The first-order valence-electron chi connectivity index (χ1n) is 12.3. The smallest absolute Gasteiger partial charge is 0.230 e. The van der Waals surface area contributed by atoms with Crippen molar-refractivity contribution in [1.82, 2.24) is 0 Å². The van der Waals surface area contributed by atoms with Crippen LogP contribution in [0.1, 0.15) is 83.1 Å². The van der Waals surface area contributed by atoms with Gasteiger partial charge < -0.3 is 19.0 Å². The molecule has 2 rings (SSSR count). The maximum atomic E-state index is 12.5. The lowest BCUT2D eigenvalue weighted by molar-refractivity contribution is 0.315. The average molecular weight is 525 g/mol. The average Bonchev–Trinajstić information content (AvgIpc) is 2.78. The van der Waals surface area contributed by atoms with Crippen LogP contribution in [0.2, 0.25) is 0 Å². The topological polar surface area (TPSA) is 101 Å². The molecular formula is C27H40O6S2. The van der Waals surface area contributed by atoms with Gasteiger partial charge in [-0.1, -0.05) is 41.0 Å². The van der Waals surface area contributed by atoms with Crippen molar-refractivity contribution >= 4 is 23.5 Å². The van der Waals surface area contributed by atoms with Crippen LogP contribution in [0.4, 0.5) is 0 Å². The van der Waals surface area contributed by atoms with E-state index in [0.29, 0.717) is 17.5 Å². The van der Waals surface area contributed by atoms with Crippen molar-refractivity contribution in [3.8, 4) is 11.5 Å². The molecule has 196 valence electrons. The van der Waals surface area contributed by atoms with Gasteiger partial charge in [-0.05, 0) is 60.2 Å². The molecule has 0 aromatic carbocycles. The van der Waals surface area contributed by atoms with Crippen molar-refractivity contribution in [3.63, 3.8) is 0 Å². The first-order chi connectivity index (χ1) is 16.5. The van der Waals surface area contributed by atoms with E-state index in [4.69, 9.17) is 8.83 Å². The number of aromatic hydroxyl groups is 2. The van der Waals surface area contributed by atoms with Crippen molar-refractivity contribution in [1.29, 1.82) is 0 Å². The molecular weight excluding hydrogens is 484 g/mol. The number of thioether (sulfide) groups is 2. The van der Waals surface area contributed by atoms with Gasteiger partial charge >= 0.3 is 0 Å². The Labute approximate surface area is 216 Å². The van der Waals surface area contributed by atoms with Crippen LogP contribution in [0.25, 0.3) is 0 Å². The van der Waals surface area contributed by atoms with E-state index in [1.807, 2.05) is 11.8 Å². The van der Waals surface area contributed by atoms with Crippen molar-refractivity contribution in [3.05, 3.63) is 56.6 Å². The summed E-state index contributed by atoms with van der Waals surface area (Å²) in [6.07, 6.45) is 10.7. The highest BCUT2D eigenvalue weighted by molar-refractivity contribution is 8.00. The minimum absolute atomic E-state index is 0.0355. The molecule has 2 heterocycles. The van der Waals surface area contributed by atoms with Gasteiger partial charge in [-0.3, -0.25) is 9.59 Å². The highest BCUT2D eigenvalue weighted by atomic mass is 32.2. The maximum absolute atomic E-state index is 12.5. The molecule has 0 amide bonds. The van der Waals surface area contributed by atoms with E-state index in [-0.39, 0.29) is 38.4 Å². The van der Waals surface area contributed by atoms with E-state index >= 15 is 0 Å². The lowest BCUT2D eigenvalue weighted by Gasteiger charge is -2.33. The van der Waals surface area contributed by atoms with Crippen molar-refractivity contribution < 1.29 is 19.0 Å². The molecule has 2 aromatic rings. The molecule has 0 aliphatic carbocycles. The molecule has 35 heavy (non-hydrogen) atoms. The fourth-order valence-corrected chi connectivity index (χ4v) is 6.96. The predicted octanol–water partition coefficient (Wildman–Crippen LogP) is 6.78. The zero-order chi connectivity index (χ0) is 26.1. The Balaban J connectivity index is 1.77. The Bertz CT molecular complexity index is 1040. The van der Waals surface area contributed by atoms with Crippen LogP contribution in [-0.4, -0.2) is 27.5 Å². The molecule has 0 aliphatic heterocycles. The molecule has 2 N–H and O–H groups in total. The normalized spacial score (nSPS) is 13.2. The second-order valence-electron chi connectivity index (χ2n) is 10.6. The van der Waals surface area contributed by atoms with Crippen molar-refractivity contribution in [2.24, 2.45) is 10.8 Å². The highest BCUT2D eigenvalue weighted by Gasteiger charge is 2.33. The largest absolute Gasteiger partial charge is 0.502 e. The zero-order valence-electron chi connectivity index (χ0n) is 21.6. The third-order valence-corrected chi connectivity index (χ3v) is 9.10. The Morgan fingerprint density at radius 3 is 2.17 bits per heavy atom. The van der Waals surface area contributed by atoms with E-state index in [1.165, 1.54) is 12.5 Å². The standard InChI is InChI=1S/C27H40O6S2/c1-6-9-27(4,5)25(20-16-33-18-22(29)24(20)31)35-13-8-12-34-11-7-10-26(2,3)14-19-15-32-17-21(28)23(19)30/h15-18,25,28-29H,6-14H2,1-5H3. The van der Waals surface area contributed by atoms with Gasteiger partial charge in [-0.2, -0.15) is 23.5 Å². The minimum Gasteiger partial charge on any atom is -0.502 e. The summed E-state index contributed by atoms with van der Waals surface area (Å²) in [4.78, 5) is 24.6. The molecule has 2 aromatic heterocycles. The summed E-state index contributed by atoms with van der Waals surface area (Å²) in [7, 11) is 0. The SMILES string of the molecule is CCCC(C)(C)C(SCCCSCCCC(C)(C)Cc1cocc(O)c1=O)c1cocc(O)c1=O. The molecule has 0 saturated carbocycles. The fourth-order valence-electron chi connectivity index (χ4n) is 4.41. The summed E-state index contributed by atoms with van der Waals surface area (Å²) < 4.78 is 10.3.